The fourth-order valence-corrected chi connectivity index (χ4v) is 1.74. The largest absolute Gasteiger partial charge is 0.392 e. The zero-order valence-electron chi connectivity index (χ0n) is 9.05. The molecule has 0 aliphatic rings. The summed E-state index contributed by atoms with van der Waals surface area (Å²) in [6.45, 7) is -0.461. The zero-order valence-corrected chi connectivity index (χ0v) is 9.87. The molecule has 0 atom stereocenters. The van der Waals surface area contributed by atoms with Gasteiger partial charge in [0.2, 0.25) is 0 Å². The number of anilines is 2. The summed E-state index contributed by atoms with van der Waals surface area (Å²) in [6, 6.07) is 0.686. The van der Waals surface area contributed by atoms with Crippen LogP contribution in [0.1, 0.15) is 5.56 Å². The number of aliphatic hydroxyl groups is 1. The van der Waals surface area contributed by atoms with Gasteiger partial charge < -0.3 is 5.11 Å². The van der Waals surface area contributed by atoms with E-state index in [0.717, 1.165) is 0 Å². The third-order valence-electron chi connectivity index (χ3n) is 2.02. The van der Waals surface area contributed by atoms with Gasteiger partial charge in [0.25, 0.3) is 0 Å². The molecule has 6 nitrogen and oxygen atoms in total. The van der Waals surface area contributed by atoms with E-state index in [0.29, 0.717) is 5.13 Å². The highest BCUT2D eigenvalue weighted by Gasteiger charge is 2.12. The molecule has 18 heavy (non-hydrogen) atoms. The molecule has 2 heterocycles. The maximum Gasteiger partial charge on any atom is 0.326 e. The van der Waals surface area contributed by atoms with Crippen molar-refractivity contribution in [1.29, 1.82) is 0 Å². The number of thiazole rings is 1. The summed E-state index contributed by atoms with van der Waals surface area (Å²) >= 11 is 1.24. The zero-order chi connectivity index (χ0) is 13.0. The van der Waals surface area contributed by atoms with Gasteiger partial charge in [-0.2, -0.15) is 0 Å². The number of carbonyl (C=O) groups excluding carboxylic acids is 1. The Bertz CT molecular complexity index is 547. The van der Waals surface area contributed by atoms with Crippen LogP contribution in [0.4, 0.5) is 20.1 Å². The molecule has 0 aliphatic heterocycles. The van der Waals surface area contributed by atoms with Crippen LogP contribution in [0.15, 0.2) is 23.8 Å². The van der Waals surface area contributed by atoms with Gasteiger partial charge >= 0.3 is 6.03 Å². The van der Waals surface area contributed by atoms with Crippen molar-refractivity contribution in [3.63, 3.8) is 0 Å². The molecule has 2 amide bonds. The van der Waals surface area contributed by atoms with Crippen molar-refractivity contribution in [2.75, 3.05) is 10.6 Å². The van der Waals surface area contributed by atoms with Crippen LogP contribution in [0.3, 0.4) is 0 Å². The molecule has 0 radical (unpaired) electrons. The maximum atomic E-state index is 13.6. The Hall–Kier alpha value is -2.06. The number of carbonyl (C=O) groups is 1. The number of halogens is 1. The highest BCUT2D eigenvalue weighted by atomic mass is 32.1. The van der Waals surface area contributed by atoms with Crippen molar-refractivity contribution >= 4 is 28.3 Å². The minimum atomic E-state index is -0.755. The van der Waals surface area contributed by atoms with E-state index in [9.17, 15) is 9.18 Å². The average molecular weight is 268 g/mol. The Morgan fingerprint density at radius 3 is 2.89 bits per heavy atom. The van der Waals surface area contributed by atoms with Crippen LogP contribution in [0, 0.1) is 5.82 Å². The van der Waals surface area contributed by atoms with Crippen LogP contribution >= 0.6 is 11.3 Å². The second-order valence-electron chi connectivity index (χ2n) is 3.21. The van der Waals surface area contributed by atoms with Gasteiger partial charge in [-0.3, -0.25) is 10.6 Å². The SMILES string of the molecule is O=C(Nc1nccs1)Nc1nccc(CO)c1F. The number of amides is 2. The van der Waals surface area contributed by atoms with Gasteiger partial charge in [-0.15, -0.1) is 11.3 Å². The van der Waals surface area contributed by atoms with E-state index in [2.05, 4.69) is 20.6 Å². The summed E-state index contributed by atoms with van der Waals surface area (Å²) in [5.74, 6) is -0.995. The highest BCUT2D eigenvalue weighted by molar-refractivity contribution is 7.13. The number of nitrogens with zero attached hydrogens (tertiary/aromatic N) is 2. The van der Waals surface area contributed by atoms with Gasteiger partial charge in [-0.05, 0) is 6.07 Å². The first kappa shape index (κ1) is 12.4. The summed E-state index contributed by atoms with van der Waals surface area (Å²) in [7, 11) is 0. The van der Waals surface area contributed by atoms with Crippen LogP contribution in [-0.2, 0) is 6.61 Å². The molecule has 2 aromatic heterocycles. The Balaban J connectivity index is 2.07. The smallest absolute Gasteiger partial charge is 0.326 e. The van der Waals surface area contributed by atoms with Crippen LogP contribution < -0.4 is 10.6 Å². The number of pyridine rings is 1. The first-order valence-electron chi connectivity index (χ1n) is 4.92. The monoisotopic (exact) mass is 268 g/mol. The molecule has 3 N–H and O–H groups in total. The predicted molar refractivity (Wildman–Crippen MR) is 64.9 cm³/mol. The lowest BCUT2D eigenvalue weighted by Crippen LogP contribution is -2.21. The van der Waals surface area contributed by atoms with Crippen LogP contribution in [-0.4, -0.2) is 21.1 Å². The van der Waals surface area contributed by atoms with E-state index < -0.39 is 18.5 Å². The average Bonchev–Trinajstić information content (AvgIpc) is 2.84. The lowest BCUT2D eigenvalue weighted by Gasteiger charge is -2.07. The minimum absolute atomic E-state index is 0.0644. The molecule has 8 heteroatoms. The summed E-state index contributed by atoms with van der Waals surface area (Å²) in [5, 5.41) is 15.6. The van der Waals surface area contributed by atoms with E-state index in [-0.39, 0.29) is 11.4 Å². The molecule has 2 rings (SSSR count). The van der Waals surface area contributed by atoms with Gasteiger partial charge in [0.15, 0.2) is 16.8 Å². The number of rotatable bonds is 3. The quantitative estimate of drug-likeness (QED) is 0.792. The molecule has 0 aliphatic carbocycles. The fraction of sp³-hybridized carbons (Fsp3) is 0.100. The van der Waals surface area contributed by atoms with Gasteiger partial charge in [0, 0.05) is 23.3 Å². The Kier molecular flexibility index (Phi) is 3.80. The Morgan fingerprint density at radius 1 is 1.39 bits per heavy atom. The summed E-state index contributed by atoms with van der Waals surface area (Å²) < 4.78 is 13.6. The predicted octanol–water partition coefficient (Wildman–Crippen LogP) is 1.81. The first-order chi connectivity index (χ1) is 8.70. The van der Waals surface area contributed by atoms with E-state index in [1.54, 1.807) is 5.38 Å². The van der Waals surface area contributed by atoms with Crippen molar-refractivity contribution in [3.8, 4) is 0 Å². The molecule has 0 spiro atoms. The Morgan fingerprint density at radius 2 is 2.22 bits per heavy atom. The van der Waals surface area contributed by atoms with Crippen LogP contribution in [0.2, 0.25) is 0 Å². The molecule has 0 fully saturated rings. The summed E-state index contributed by atoms with van der Waals surface area (Å²) in [5.41, 5.74) is 0.0644. The van der Waals surface area contributed by atoms with Gasteiger partial charge in [0.1, 0.15) is 0 Å². The molecule has 2 aromatic rings. The van der Waals surface area contributed by atoms with Crippen molar-refractivity contribution in [2.24, 2.45) is 0 Å². The van der Waals surface area contributed by atoms with E-state index in [4.69, 9.17) is 5.11 Å². The Labute approximate surface area is 106 Å². The van der Waals surface area contributed by atoms with Crippen molar-refractivity contribution in [1.82, 2.24) is 9.97 Å². The molecule has 0 aromatic carbocycles. The van der Waals surface area contributed by atoms with Crippen molar-refractivity contribution < 1.29 is 14.3 Å². The molecule has 0 saturated carbocycles. The molecular formula is C10H9FN4O2S. The first-order valence-corrected chi connectivity index (χ1v) is 5.80. The van der Waals surface area contributed by atoms with Crippen molar-refractivity contribution in [2.45, 2.75) is 6.61 Å². The van der Waals surface area contributed by atoms with Crippen molar-refractivity contribution in [3.05, 3.63) is 35.2 Å². The number of nitrogens with one attached hydrogen (secondary N) is 2. The van der Waals surface area contributed by atoms with E-state index in [1.807, 2.05) is 0 Å². The number of aromatic nitrogens is 2. The number of urea groups is 1. The second kappa shape index (κ2) is 5.52. The molecule has 94 valence electrons. The fourth-order valence-electron chi connectivity index (χ4n) is 1.21. The molecule has 0 bridgehead atoms. The third kappa shape index (κ3) is 2.79. The van der Waals surface area contributed by atoms with Crippen LogP contribution in [0.5, 0.6) is 0 Å². The third-order valence-corrected chi connectivity index (χ3v) is 2.71. The number of aliphatic hydroxyl groups excluding tert-OH is 1. The number of hydrogen-bond acceptors (Lipinski definition) is 5. The lowest BCUT2D eigenvalue weighted by atomic mass is 10.2. The van der Waals surface area contributed by atoms with E-state index >= 15 is 0 Å². The molecule has 0 unspecified atom stereocenters. The summed E-state index contributed by atoms with van der Waals surface area (Å²) in [4.78, 5) is 19.0. The second-order valence-corrected chi connectivity index (χ2v) is 4.10. The van der Waals surface area contributed by atoms with Gasteiger partial charge in [-0.25, -0.2) is 19.2 Å². The van der Waals surface area contributed by atoms with E-state index in [1.165, 1.54) is 29.8 Å². The minimum Gasteiger partial charge on any atom is -0.392 e. The van der Waals surface area contributed by atoms with Gasteiger partial charge in [-0.1, -0.05) is 0 Å². The van der Waals surface area contributed by atoms with Gasteiger partial charge in [0.05, 0.1) is 6.61 Å². The molecular weight excluding hydrogens is 259 g/mol. The molecule has 0 saturated heterocycles. The highest BCUT2D eigenvalue weighted by Crippen LogP contribution is 2.16. The summed E-state index contributed by atoms with van der Waals surface area (Å²) in [6.07, 6.45) is 2.83. The topological polar surface area (TPSA) is 87.1 Å². The maximum absolute atomic E-state index is 13.6. The standard InChI is InChI=1S/C10H9FN4O2S/c11-7-6(5-16)1-2-12-8(7)14-9(17)15-10-13-3-4-18-10/h1-4,16H,5H2,(H2,12,13,14,15,17). The number of hydrogen-bond donors (Lipinski definition) is 3. The normalized spacial score (nSPS) is 10.1. The van der Waals surface area contributed by atoms with Crippen LogP contribution in [0.25, 0.3) is 0 Å². The lowest BCUT2D eigenvalue weighted by molar-refractivity contribution is 0.261.